The van der Waals surface area contributed by atoms with Crippen LogP contribution in [0.5, 0.6) is 0 Å². The van der Waals surface area contributed by atoms with Crippen LogP contribution >= 0.6 is 11.8 Å². The molecule has 0 aliphatic carbocycles. The quantitative estimate of drug-likeness (QED) is 0.715. The van der Waals surface area contributed by atoms with Crippen LogP contribution in [0, 0.1) is 0 Å². The molecule has 1 fully saturated rings. The zero-order valence-electron chi connectivity index (χ0n) is 8.77. The van der Waals surface area contributed by atoms with Gasteiger partial charge in [0.25, 0.3) is 5.24 Å². The second kappa shape index (κ2) is 5.97. The number of likely N-dealkylation sites (tertiary alicyclic amines) is 1. The Kier molecular flexibility index (Phi) is 4.90. The lowest BCUT2D eigenvalue weighted by Gasteiger charge is -2.21. The Morgan fingerprint density at radius 2 is 2.33 bits per heavy atom. The number of amides is 1. The van der Waals surface area contributed by atoms with Crippen LogP contribution in [0.15, 0.2) is 0 Å². The highest BCUT2D eigenvalue weighted by Gasteiger charge is 2.34. The number of hydrogen-bond donors (Lipinski definition) is 1. The van der Waals surface area contributed by atoms with E-state index >= 15 is 0 Å². The summed E-state index contributed by atoms with van der Waals surface area (Å²) in [4.78, 5) is 24.6. The molecule has 1 aliphatic rings. The van der Waals surface area contributed by atoms with Crippen LogP contribution in [0.2, 0.25) is 0 Å². The lowest BCUT2D eigenvalue weighted by molar-refractivity contribution is -0.144. The molecule has 0 radical (unpaired) electrons. The fraction of sp³-hybridized carbons (Fsp3) is 0.778. The molecule has 1 atom stereocenters. The van der Waals surface area contributed by atoms with Gasteiger partial charge in [-0.15, -0.1) is 0 Å². The predicted molar refractivity (Wildman–Crippen MR) is 58.7 cm³/mol. The Morgan fingerprint density at radius 3 is 2.93 bits per heavy atom. The topological polar surface area (TPSA) is 72.6 Å². The molecule has 0 bridgehead atoms. The van der Waals surface area contributed by atoms with E-state index in [0.29, 0.717) is 25.3 Å². The SMILES string of the molecule is COC(=O)C1CCCN1C(=O)SCCN. The van der Waals surface area contributed by atoms with Gasteiger partial charge in [-0.2, -0.15) is 0 Å². The third-order valence-corrected chi connectivity index (χ3v) is 3.23. The number of nitrogens with zero attached hydrogens (tertiary/aromatic N) is 1. The fourth-order valence-corrected chi connectivity index (χ4v) is 2.27. The Bertz CT molecular complexity index is 248. The van der Waals surface area contributed by atoms with Crippen molar-refractivity contribution in [2.45, 2.75) is 18.9 Å². The average Bonchev–Trinajstić information content (AvgIpc) is 2.73. The van der Waals surface area contributed by atoms with Gasteiger partial charge in [-0.1, -0.05) is 11.8 Å². The monoisotopic (exact) mass is 232 g/mol. The standard InChI is InChI=1S/C9H16N2O3S/c1-14-8(12)7-3-2-5-11(7)9(13)15-6-4-10/h7H,2-6,10H2,1H3. The maximum Gasteiger partial charge on any atom is 0.328 e. The van der Waals surface area contributed by atoms with Crippen molar-refractivity contribution in [3.63, 3.8) is 0 Å². The fourth-order valence-electron chi connectivity index (χ4n) is 1.60. The summed E-state index contributed by atoms with van der Waals surface area (Å²) in [6, 6.07) is -0.396. The maximum absolute atomic E-state index is 11.7. The molecule has 1 saturated heterocycles. The third-order valence-electron chi connectivity index (χ3n) is 2.30. The summed E-state index contributed by atoms with van der Waals surface area (Å²) >= 11 is 1.16. The lowest BCUT2D eigenvalue weighted by Crippen LogP contribution is -2.39. The van der Waals surface area contributed by atoms with Gasteiger partial charge in [-0.3, -0.25) is 4.79 Å². The van der Waals surface area contributed by atoms with Crippen molar-refractivity contribution >= 4 is 23.0 Å². The van der Waals surface area contributed by atoms with Crippen molar-refractivity contribution in [1.29, 1.82) is 0 Å². The first-order valence-corrected chi connectivity index (χ1v) is 5.90. The number of thioether (sulfide) groups is 1. The molecule has 5 nitrogen and oxygen atoms in total. The summed E-state index contributed by atoms with van der Waals surface area (Å²) in [6.07, 6.45) is 1.55. The van der Waals surface area contributed by atoms with E-state index in [0.717, 1.165) is 18.2 Å². The predicted octanol–water partition coefficient (Wildman–Crippen LogP) is 0.436. The van der Waals surface area contributed by atoms with Crippen LogP contribution < -0.4 is 5.73 Å². The Morgan fingerprint density at radius 1 is 1.60 bits per heavy atom. The van der Waals surface area contributed by atoms with E-state index in [2.05, 4.69) is 4.74 Å². The van der Waals surface area contributed by atoms with Crippen LogP contribution in [0.3, 0.4) is 0 Å². The Hall–Kier alpha value is -0.750. The third kappa shape index (κ3) is 3.10. The molecular weight excluding hydrogens is 216 g/mol. The molecular formula is C9H16N2O3S. The highest BCUT2D eigenvalue weighted by molar-refractivity contribution is 8.13. The number of esters is 1. The van der Waals surface area contributed by atoms with Crippen molar-refractivity contribution in [1.82, 2.24) is 4.90 Å². The summed E-state index contributed by atoms with van der Waals surface area (Å²) in [5, 5.41) is -0.0756. The Labute approximate surface area is 93.3 Å². The average molecular weight is 232 g/mol. The van der Waals surface area contributed by atoms with Crippen molar-refractivity contribution in [2.75, 3.05) is 26.0 Å². The molecule has 86 valence electrons. The molecule has 1 aliphatic heterocycles. The van der Waals surface area contributed by atoms with Gasteiger partial charge in [0.2, 0.25) is 0 Å². The number of nitrogens with two attached hydrogens (primary N) is 1. The van der Waals surface area contributed by atoms with Gasteiger partial charge in [0.15, 0.2) is 0 Å². The minimum atomic E-state index is -0.396. The van der Waals surface area contributed by atoms with Gasteiger partial charge >= 0.3 is 5.97 Å². The van der Waals surface area contributed by atoms with E-state index in [1.54, 1.807) is 4.90 Å². The highest BCUT2D eigenvalue weighted by Crippen LogP contribution is 2.22. The maximum atomic E-state index is 11.7. The molecule has 0 spiro atoms. The summed E-state index contributed by atoms with van der Waals surface area (Å²) < 4.78 is 4.65. The van der Waals surface area contributed by atoms with E-state index in [1.807, 2.05) is 0 Å². The van der Waals surface area contributed by atoms with Gasteiger partial charge in [0.1, 0.15) is 6.04 Å². The summed E-state index contributed by atoms with van der Waals surface area (Å²) in [5.74, 6) is 0.262. The molecule has 1 heterocycles. The minimum absolute atomic E-state index is 0.0756. The van der Waals surface area contributed by atoms with Gasteiger partial charge in [-0.05, 0) is 12.8 Å². The largest absolute Gasteiger partial charge is 0.467 e. The molecule has 1 rings (SSSR count). The number of rotatable bonds is 3. The van der Waals surface area contributed by atoms with E-state index in [1.165, 1.54) is 7.11 Å². The number of methoxy groups -OCH3 is 1. The Balaban J connectivity index is 2.52. The summed E-state index contributed by atoms with van der Waals surface area (Å²) in [6.45, 7) is 1.10. The molecule has 1 unspecified atom stereocenters. The normalized spacial score (nSPS) is 20.4. The lowest BCUT2D eigenvalue weighted by atomic mass is 10.2. The van der Waals surface area contributed by atoms with E-state index in [9.17, 15) is 9.59 Å². The van der Waals surface area contributed by atoms with E-state index in [4.69, 9.17) is 5.73 Å². The van der Waals surface area contributed by atoms with E-state index in [-0.39, 0.29) is 11.2 Å². The smallest absolute Gasteiger partial charge is 0.328 e. The summed E-state index contributed by atoms with van der Waals surface area (Å²) in [7, 11) is 1.34. The second-order valence-electron chi connectivity index (χ2n) is 3.28. The van der Waals surface area contributed by atoms with Gasteiger partial charge < -0.3 is 15.4 Å². The van der Waals surface area contributed by atoms with Gasteiger partial charge in [0, 0.05) is 18.8 Å². The van der Waals surface area contributed by atoms with Crippen LogP contribution in [0.25, 0.3) is 0 Å². The molecule has 0 aromatic heterocycles. The number of carbonyl (C=O) groups excluding carboxylic acids is 2. The van der Waals surface area contributed by atoms with Crippen molar-refractivity contribution < 1.29 is 14.3 Å². The van der Waals surface area contributed by atoms with Crippen LogP contribution in [-0.2, 0) is 9.53 Å². The van der Waals surface area contributed by atoms with Crippen molar-refractivity contribution in [2.24, 2.45) is 5.73 Å². The molecule has 15 heavy (non-hydrogen) atoms. The van der Waals surface area contributed by atoms with Crippen LogP contribution in [0.1, 0.15) is 12.8 Å². The highest BCUT2D eigenvalue weighted by atomic mass is 32.2. The van der Waals surface area contributed by atoms with Crippen molar-refractivity contribution in [3.8, 4) is 0 Å². The molecule has 0 saturated carbocycles. The first-order valence-electron chi connectivity index (χ1n) is 4.92. The number of hydrogen-bond acceptors (Lipinski definition) is 5. The molecule has 0 aromatic rings. The zero-order valence-corrected chi connectivity index (χ0v) is 9.59. The second-order valence-corrected chi connectivity index (χ2v) is 4.32. The first kappa shape index (κ1) is 12.3. The van der Waals surface area contributed by atoms with E-state index < -0.39 is 6.04 Å². The minimum Gasteiger partial charge on any atom is -0.467 e. The number of carbonyl (C=O) groups is 2. The molecule has 1 amide bonds. The first-order chi connectivity index (χ1) is 7.20. The molecule has 2 N–H and O–H groups in total. The molecule has 6 heteroatoms. The van der Waals surface area contributed by atoms with Crippen LogP contribution in [0.4, 0.5) is 4.79 Å². The van der Waals surface area contributed by atoms with Gasteiger partial charge in [-0.25, -0.2) is 4.79 Å². The summed E-state index contributed by atoms with van der Waals surface area (Å²) in [5.41, 5.74) is 5.31. The van der Waals surface area contributed by atoms with Crippen molar-refractivity contribution in [3.05, 3.63) is 0 Å². The molecule has 0 aromatic carbocycles. The van der Waals surface area contributed by atoms with Gasteiger partial charge in [0.05, 0.1) is 7.11 Å². The van der Waals surface area contributed by atoms with Crippen LogP contribution in [-0.4, -0.2) is 48.1 Å². The number of ether oxygens (including phenoxy) is 1. The zero-order chi connectivity index (χ0) is 11.3.